The van der Waals surface area contributed by atoms with E-state index in [9.17, 15) is 9.18 Å². The summed E-state index contributed by atoms with van der Waals surface area (Å²) in [6.45, 7) is 0.869. The number of hydrogen-bond donors (Lipinski definition) is 0. The number of benzene rings is 2. The summed E-state index contributed by atoms with van der Waals surface area (Å²) >= 11 is 0. The van der Waals surface area contributed by atoms with Crippen molar-refractivity contribution < 1.29 is 4.39 Å². The fourth-order valence-electron chi connectivity index (χ4n) is 2.27. The molecule has 1 aromatic heterocycles. The highest BCUT2D eigenvalue weighted by Crippen LogP contribution is 2.06. The summed E-state index contributed by atoms with van der Waals surface area (Å²) in [4.78, 5) is 14.2. The Balaban J connectivity index is 1.72. The van der Waals surface area contributed by atoms with Gasteiger partial charge < -0.3 is 0 Å². The van der Waals surface area contributed by atoms with E-state index in [1.807, 2.05) is 30.1 Å². The predicted molar refractivity (Wildman–Crippen MR) is 83.5 cm³/mol. The second kappa shape index (κ2) is 6.53. The van der Waals surface area contributed by atoms with Crippen molar-refractivity contribution in [2.45, 2.75) is 13.2 Å². The molecular weight excluding hydrogens is 297 g/mol. The number of aromatic nitrogens is 4. The zero-order chi connectivity index (χ0) is 16.2. The van der Waals surface area contributed by atoms with Crippen LogP contribution in [-0.4, -0.2) is 31.7 Å². The molecule has 0 saturated heterocycles. The SMILES string of the molecule is CN(Cc1ccc(F)cc1)Cn1nnn(-c2ccccc2)c1=O. The molecule has 0 amide bonds. The lowest BCUT2D eigenvalue weighted by molar-refractivity contribution is 0.239. The first kappa shape index (κ1) is 15.1. The average molecular weight is 313 g/mol. The molecule has 0 bridgehead atoms. The van der Waals surface area contributed by atoms with Crippen LogP contribution in [0.4, 0.5) is 4.39 Å². The third-order valence-electron chi connectivity index (χ3n) is 3.38. The van der Waals surface area contributed by atoms with Crippen molar-refractivity contribution in [3.8, 4) is 5.69 Å². The molecule has 23 heavy (non-hydrogen) atoms. The number of rotatable bonds is 5. The highest BCUT2D eigenvalue weighted by Gasteiger charge is 2.10. The summed E-state index contributed by atoms with van der Waals surface area (Å²) in [6, 6.07) is 15.4. The van der Waals surface area contributed by atoms with Gasteiger partial charge in [0.1, 0.15) is 12.5 Å². The largest absolute Gasteiger partial charge is 0.369 e. The van der Waals surface area contributed by atoms with E-state index < -0.39 is 0 Å². The number of para-hydroxylation sites is 1. The van der Waals surface area contributed by atoms with E-state index in [1.165, 1.54) is 21.5 Å². The van der Waals surface area contributed by atoms with Crippen molar-refractivity contribution in [1.29, 1.82) is 0 Å². The van der Waals surface area contributed by atoms with Crippen molar-refractivity contribution in [1.82, 2.24) is 24.7 Å². The quantitative estimate of drug-likeness (QED) is 0.719. The fraction of sp³-hybridized carbons (Fsp3) is 0.188. The van der Waals surface area contributed by atoms with Crippen LogP contribution in [0.15, 0.2) is 59.4 Å². The Morgan fingerprint density at radius 1 is 1.04 bits per heavy atom. The molecule has 0 N–H and O–H groups in total. The average Bonchev–Trinajstić information content (AvgIpc) is 2.91. The van der Waals surface area contributed by atoms with Gasteiger partial charge in [-0.2, -0.15) is 9.36 Å². The molecule has 118 valence electrons. The lowest BCUT2D eigenvalue weighted by atomic mass is 10.2. The zero-order valence-electron chi connectivity index (χ0n) is 12.6. The zero-order valence-corrected chi connectivity index (χ0v) is 12.6. The molecule has 0 unspecified atom stereocenters. The number of halogens is 1. The van der Waals surface area contributed by atoms with Gasteiger partial charge in [0.15, 0.2) is 0 Å². The minimum atomic E-state index is -0.304. The summed E-state index contributed by atoms with van der Waals surface area (Å²) in [7, 11) is 1.86. The van der Waals surface area contributed by atoms with Crippen LogP contribution in [0.25, 0.3) is 5.69 Å². The van der Waals surface area contributed by atoms with Crippen molar-refractivity contribution in [2.75, 3.05) is 7.05 Å². The highest BCUT2D eigenvalue weighted by atomic mass is 19.1. The Bertz CT molecular complexity index is 826. The topological polar surface area (TPSA) is 56.0 Å². The van der Waals surface area contributed by atoms with E-state index in [0.717, 1.165) is 5.56 Å². The maximum atomic E-state index is 12.9. The van der Waals surface area contributed by atoms with Crippen LogP contribution in [0, 0.1) is 5.82 Å². The van der Waals surface area contributed by atoms with Gasteiger partial charge in [0.2, 0.25) is 0 Å². The van der Waals surface area contributed by atoms with Crippen LogP contribution in [-0.2, 0) is 13.2 Å². The van der Waals surface area contributed by atoms with Crippen LogP contribution in [0.3, 0.4) is 0 Å². The first-order valence-corrected chi connectivity index (χ1v) is 7.15. The molecule has 0 spiro atoms. The van der Waals surface area contributed by atoms with Crippen molar-refractivity contribution in [3.05, 3.63) is 76.5 Å². The van der Waals surface area contributed by atoms with Crippen LogP contribution in [0.1, 0.15) is 5.56 Å². The summed E-state index contributed by atoms with van der Waals surface area (Å²) in [5.41, 5.74) is 1.32. The maximum Gasteiger partial charge on any atom is 0.369 e. The third-order valence-corrected chi connectivity index (χ3v) is 3.38. The smallest absolute Gasteiger partial charge is 0.283 e. The van der Waals surface area contributed by atoms with E-state index in [0.29, 0.717) is 18.9 Å². The summed E-state index contributed by atoms with van der Waals surface area (Å²) in [5, 5.41) is 7.80. The molecule has 0 atom stereocenters. The molecule has 2 aromatic carbocycles. The Morgan fingerprint density at radius 3 is 2.43 bits per heavy atom. The van der Waals surface area contributed by atoms with Crippen LogP contribution in [0.2, 0.25) is 0 Å². The predicted octanol–water partition coefficient (Wildman–Crippen LogP) is 1.66. The third kappa shape index (κ3) is 3.51. The number of hydrogen-bond acceptors (Lipinski definition) is 4. The molecule has 0 aliphatic carbocycles. The molecule has 1 heterocycles. The molecule has 0 radical (unpaired) electrons. The van der Waals surface area contributed by atoms with Crippen molar-refractivity contribution >= 4 is 0 Å². The molecule has 3 aromatic rings. The number of nitrogens with zero attached hydrogens (tertiary/aromatic N) is 5. The van der Waals surface area contributed by atoms with Gasteiger partial charge in [-0.1, -0.05) is 30.3 Å². The molecule has 0 fully saturated rings. The van der Waals surface area contributed by atoms with E-state index in [4.69, 9.17) is 0 Å². The van der Waals surface area contributed by atoms with E-state index in [2.05, 4.69) is 10.4 Å². The maximum absolute atomic E-state index is 12.9. The van der Waals surface area contributed by atoms with Gasteiger partial charge in [-0.05, 0) is 47.3 Å². The lowest BCUT2D eigenvalue weighted by Gasteiger charge is -2.15. The Labute approximate surface area is 132 Å². The Hall–Kier alpha value is -2.80. The minimum Gasteiger partial charge on any atom is -0.283 e. The lowest BCUT2D eigenvalue weighted by Crippen LogP contribution is -2.31. The molecule has 7 heteroatoms. The van der Waals surface area contributed by atoms with Gasteiger partial charge in [-0.25, -0.2) is 9.18 Å². The fourth-order valence-corrected chi connectivity index (χ4v) is 2.27. The molecule has 3 rings (SSSR count). The molecular formula is C16H16FN5O. The second-order valence-corrected chi connectivity index (χ2v) is 5.29. The molecule has 0 saturated carbocycles. The Morgan fingerprint density at radius 2 is 1.74 bits per heavy atom. The Kier molecular flexibility index (Phi) is 4.29. The second-order valence-electron chi connectivity index (χ2n) is 5.29. The van der Waals surface area contributed by atoms with E-state index in [-0.39, 0.29) is 11.5 Å². The molecule has 0 aliphatic heterocycles. The summed E-state index contributed by atoms with van der Waals surface area (Å²) < 4.78 is 15.5. The first-order chi connectivity index (χ1) is 11.1. The van der Waals surface area contributed by atoms with Gasteiger partial charge in [0.25, 0.3) is 0 Å². The first-order valence-electron chi connectivity index (χ1n) is 7.15. The normalized spacial score (nSPS) is 11.1. The molecule has 6 nitrogen and oxygen atoms in total. The van der Waals surface area contributed by atoms with Crippen LogP contribution < -0.4 is 5.69 Å². The standard InChI is InChI=1S/C16H16FN5O/c1-20(11-13-7-9-14(17)10-8-13)12-21-16(23)22(19-18-21)15-5-3-2-4-6-15/h2-10H,11-12H2,1H3. The van der Waals surface area contributed by atoms with Gasteiger partial charge >= 0.3 is 5.69 Å². The monoisotopic (exact) mass is 313 g/mol. The van der Waals surface area contributed by atoms with Crippen LogP contribution in [0.5, 0.6) is 0 Å². The van der Waals surface area contributed by atoms with Gasteiger partial charge in [-0.15, -0.1) is 0 Å². The summed E-state index contributed by atoms with van der Waals surface area (Å²) in [5.74, 6) is -0.265. The van der Waals surface area contributed by atoms with Crippen LogP contribution >= 0.6 is 0 Å². The van der Waals surface area contributed by atoms with Gasteiger partial charge in [-0.3, -0.25) is 4.90 Å². The summed E-state index contributed by atoms with van der Waals surface area (Å²) in [6.07, 6.45) is 0. The molecule has 0 aliphatic rings. The number of tetrazole rings is 1. The van der Waals surface area contributed by atoms with E-state index in [1.54, 1.807) is 24.3 Å². The van der Waals surface area contributed by atoms with E-state index >= 15 is 0 Å². The minimum absolute atomic E-state index is 0.265. The highest BCUT2D eigenvalue weighted by molar-refractivity contribution is 5.28. The van der Waals surface area contributed by atoms with Gasteiger partial charge in [0, 0.05) is 6.54 Å². The van der Waals surface area contributed by atoms with Crippen molar-refractivity contribution in [3.63, 3.8) is 0 Å². The van der Waals surface area contributed by atoms with Gasteiger partial charge in [0.05, 0.1) is 5.69 Å². The van der Waals surface area contributed by atoms with Crippen molar-refractivity contribution in [2.24, 2.45) is 0 Å².